The lowest BCUT2D eigenvalue weighted by Gasteiger charge is -2.07. The fourth-order valence-electron chi connectivity index (χ4n) is 1.22. The van der Waals surface area contributed by atoms with Gasteiger partial charge in [-0.15, -0.1) is 0 Å². The Morgan fingerprint density at radius 3 is 2.69 bits per heavy atom. The summed E-state index contributed by atoms with van der Waals surface area (Å²) in [5.74, 6) is -1.55. The van der Waals surface area contributed by atoms with Crippen molar-refractivity contribution in [2.24, 2.45) is 5.73 Å². The smallest absolute Gasteiger partial charge is 0.224 e. The predicted molar refractivity (Wildman–Crippen MR) is 58.0 cm³/mol. The van der Waals surface area contributed by atoms with E-state index >= 15 is 0 Å². The van der Waals surface area contributed by atoms with Crippen LogP contribution in [0.3, 0.4) is 0 Å². The van der Waals surface area contributed by atoms with E-state index in [0.29, 0.717) is 13.0 Å². The van der Waals surface area contributed by atoms with Crippen LogP contribution in [0.25, 0.3) is 0 Å². The number of carbonyl (C=O) groups excluding carboxylic acids is 1. The maximum Gasteiger partial charge on any atom is 0.224 e. The first-order chi connectivity index (χ1) is 7.54. The Morgan fingerprint density at radius 2 is 2.06 bits per heavy atom. The van der Waals surface area contributed by atoms with E-state index in [-0.39, 0.29) is 23.6 Å². The molecule has 0 aliphatic rings. The Labute approximate surface area is 92.6 Å². The molecule has 1 rings (SSSR count). The third-order valence-corrected chi connectivity index (χ3v) is 2.13. The topological polar surface area (TPSA) is 55.1 Å². The number of rotatable bonds is 4. The van der Waals surface area contributed by atoms with E-state index in [1.165, 1.54) is 6.92 Å². The van der Waals surface area contributed by atoms with Crippen molar-refractivity contribution in [1.29, 1.82) is 0 Å². The lowest BCUT2D eigenvalue weighted by Crippen LogP contribution is -2.14. The molecule has 3 nitrogen and oxygen atoms in total. The van der Waals surface area contributed by atoms with Gasteiger partial charge in [-0.1, -0.05) is 0 Å². The molecule has 0 unspecified atom stereocenters. The second-order valence-electron chi connectivity index (χ2n) is 3.52. The molecule has 0 aliphatic carbocycles. The first-order valence-corrected chi connectivity index (χ1v) is 5.00. The van der Waals surface area contributed by atoms with E-state index in [1.807, 2.05) is 0 Å². The van der Waals surface area contributed by atoms with Gasteiger partial charge in [0, 0.05) is 12.5 Å². The summed E-state index contributed by atoms with van der Waals surface area (Å²) in [4.78, 5) is 11.3. The number of hydrogen-bond donors (Lipinski definition) is 2. The van der Waals surface area contributed by atoms with Crippen LogP contribution in [-0.4, -0.2) is 12.5 Å². The Hall–Kier alpha value is -1.49. The van der Waals surface area contributed by atoms with Gasteiger partial charge >= 0.3 is 0 Å². The molecule has 1 aromatic carbocycles. The first-order valence-electron chi connectivity index (χ1n) is 5.00. The molecule has 5 heteroatoms. The van der Waals surface area contributed by atoms with Crippen LogP contribution < -0.4 is 11.1 Å². The number of hydrogen-bond acceptors (Lipinski definition) is 2. The molecule has 0 aliphatic heterocycles. The van der Waals surface area contributed by atoms with Crippen molar-refractivity contribution in [3.05, 3.63) is 29.3 Å². The fourth-order valence-corrected chi connectivity index (χ4v) is 1.22. The standard InChI is InChI=1S/C11H14F2N2O/c1-7-5-9(13)10(6-8(7)12)15-11(16)3-2-4-14/h5-6H,2-4,14H2,1H3,(H,15,16). The monoisotopic (exact) mass is 228 g/mol. The zero-order chi connectivity index (χ0) is 12.1. The molecule has 0 fully saturated rings. The van der Waals surface area contributed by atoms with Crippen LogP contribution in [0, 0.1) is 18.6 Å². The zero-order valence-corrected chi connectivity index (χ0v) is 9.02. The molecule has 0 heterocycles. The molecule has 0 radical (unpaired) electrons. The SMILES string of the molecule is Cc1cc(F)c(NC(=O)CCCN)cc1F. The minimum Gasteiger partial charge on any atom is -0.330 e. The van der Waals surface area contributed by atoms with Crippen molar-refractivity contribution in [2.75, 3.05) is 11.9 Å². The fraction of sp³-hybridized carbons (Fsp3) is 0.364. The van der Waals surface area contributed by atoms with Gasteiger partial charge in [0.2, 0.25) is 5.91 Å². The van der Waals surface area contributed by atoms with Gasteiger partial charge in [-0.2, -0.15) is 0 Å². The summed E-state index contributed by atoms with van der Waals surface area (Å²) in [7, 11) is 0. The summed E-state index contributed by atoms with van der Waals surface area (Å²) in [6.45, 7) is 1.84. The molecule has 0 atom stereocenters. The van der Waals surface area contributed by atoms with Crippen LogP contribution >= 0.6 is 0 Å². The maximum atomic E-state index is 13.3. The van der Waals surface area contributed by atoms with Crippen LogP contribution in [0.1, 0.15) is 18.4 Å². The van der Waals surface area contributed by atoms with E-state index in [0.717, 1.165) is 12.1 Å². The number of anilines is 1. The quantitative estimate of drug-likeness (QED) is 0.827. The molecule has 0 saturated carbocycles. The Morgan fingerprint density at radius 1 is 1.38 bits per heavy atom. The number of carbonyl (C=O) groups is 1. The van der Waals surface area contributed by atoms with Gasteiger partial charge in [-0.3, -0.25) is 4.79 Å². The summed E-state index contributed by atoms with van der Waals surface area (Å²) < 4.78 is 26.4. The van der Waals surface area contributed by atoms with Crippen molar-refractivity contribution in [3.8, 4) is 0 Å². The van der Waals surface area contributed by atoms with E-state index < -0.39 is 11.6 Å². The number of amides is 1. The Kier molecular flexibility index (Phi) is 4.37. The molecule has 16 heavy (non-hydrogen) atoms. The third-order valence-electron chi connectivity index (χ3n) is 2.13. The summed E-state index contributed by atoms with van der Waals surface area (Å²) >= 11 is 0. The van der Waals surface area contributed by atoms with Crippen LogP contribution in [0.15, 0.2) is 12.1 Å². The summed E-state index contributed by atoms with van der Waals surface area (Å²) in [5, 5.41) is 2.30. The predicted octanol–water partition coefficient (Wildman–Crippen LogP) is 1.95. The van der Waals surface area contributed by atoms with Crippen molar-refractivity contribution in [1.82, 2.24) is 0 Å². The van der Waals surface area contributed by atoms with Gasteiger partial charge in [0.25, 0.3) is 0 Å². The largest absolute Gasteiger partial charge is 0.330 e. The van der Waals surface area contributed by atoms with Gasteiger partial charge < -0.3 is 11.1 Å². The molecule has 3 N–H and O–H groups in total. The highest BCUT2D eigenvalue weighted by Gasteiger charge is 2.09. The highest BCUT2D eigenvalue weighted by Crippen LogP contribution is 2.18. The summed E-state index contributed by atoms with van der Waals surface area (Å²) in [6.07, 6.45) is 0.716. The maximum absolute atomic E-state index is 13.3. The average molecular weight is 228 g/mol. The highest BCUT2D eigenvalue weighted by molar-refractivity contribution is 5.90. The van der Waals surface area contributed by atoms with Crippen LogP contribution in [0.5, 0.6) is 0 Å². The van der Waals surface area contributed by atoms with Crippen molar-refractivity contribution in [2.45, 2.75) is 19.8 Å². The molecule has 0 saturated heterocycles. The average Bonchev–Trinajstić information content (AvgIpc) is 2.23. The number of aryl methyl sites for hydroxylation is 1. The third kappa shape index (κ3) is 3.27. The van der Waals surface area contributed by atoms with Crippen molar-refractivity contribution in [3.63, 3.8) is 0 Å². The van der Waals surface area contributed by atoms with Crippen LogP contribution in [0.4, 0.5) is 14.5 Å². The Bertz CT molecular complexity index is 394. The molecular weight excluding hydrogens is 214 g/mol. The molecule has 88 valence electrons. The zero-order valence-electron chi connectivity index (χ0n) is 9.02. The highest BCUT2D eigenvalue weighted by atomic mass is 19.1. The minimum absolute atomic E-state index is 0.134. The second-order valence-corrected chi connectivity index (χ2v) is 3.52. The Balaban J connectivity index is 2.73. The van der Waals surface area contributed by atoms with Crippen molar-refractivity contribution < 1.29 is 13.6 Å². The van der Waals surface area contributed by atoms with Gasteiger partial charge in [0.05, 0.1) is 5.69 Å². The molecule has 0 aromatic heterocycles. The number of benzene rings is 1. The second kappa shape index (κ2) is 5.55. The van der Waals surface area contributed by atoms with E-state index in [1.54, 1.807) is 0 Å². The number of nitrogens with one attached hydrogen (secondary N) is 1. The van der Waals surface area contributed by atoms with Gasteiger partial charge in [0.1, 0.15) is 11.6 Å². The first kappa shape index (κ1) is 12.6. The van der Waals surface area contributed by atoms with E-state index in [2.05, 4.69) is 5.32 Å². The van der Waals surface area contributed by atoms with Crippen LogP contribution in [0.2, 0.25) is 0 Å². The lowest BCUT2D eigenvalue weighted by molar-refractivity contribution is -0.116. The van der Waals surface area contributed by atoms with Gasteiger partial charge in [0.15, 0.2) is 0 Å². The molecule has 1 amide bonds. The number of halogens is 2. The molecule has 0 bridgehead atoms. The van der Waals surface area contributed by atoms with Crippen molar-refractivity contribution >= 4 is 11.6 Å². The molecular formula is C11H14F2N2O. The number of nitrogens with two attached hydrogens (primary N) is 1. The normalized spacial score (nSPS) is 10.2. The van der Waals surface area contributed by atoms with E-state index in [9.17, 15) is 13.6 Å². The van der Waals surface area contributed by atoms with E-state index in [4.69, 9.17) is 5.73 Å². The lowest BCUT2D eigenvalue weighted by atomic mass is 10.2. The van der Waals surface area contributed by atoms with Gasteiger partial charge in [-0.25, -0.2) is 8.78 Å². The molecule has 1 aromatic rings. The van der Waals surface area contributed by atoms with Crippen LogP contribution in [-0.2, 0) is 4.79 Å². The molecule has 0 spiro atoms. The van der Waals surface area contributed by atoms with Gasteiger partial charge in [-0.05, 0) is 31.5 Å². The minimum atomic E-state index is -0.639. The summed E-state index contributed by atoms with van der Waals surface area (Å²) in [5.41, 5.74) is 5.30. The summed E-state index contributed by atoms with van der Waals surface area (Å²) in [6, 6.07) is 2.03.